The molecule has 0 aromatic heterocycles. The number of anilines is 1. The number of nitrogens with one attached hydrogen (secondary N) is 1. The highest BCUT2D eigenvalue weighted by atomic mass is 35.5. The van der Waals surface area contributed by atoms with Crippen LogP contribution in [0.3, 0.4) is 0 Å². The molecule has 0 heterocycles. The second kappa shape index (κ2) is 5.87. The maximum atomic E-state index is 9.43. The summed E-state index contributed by atoms with van der Waals surface area (Å²) in [5, 5.41) is 15.6. The first-order chi connectivity index (χ1) is 10.3. The third-order valence-corrected chi connectivity index (χ3v) is 3.64. The number of nitriles is 1. The van der Waals surface area contributed by atoms with Crippen molar-refractivity contribution in [1.82, 2.24) is 0 Å². The monoisotopic (exact) mass is 292 g/mol. The summed E-state index contributed by atoms with van der Waals surface area (Å²) < 4.78 is 0. The van der Waals surface area contributed by atoms with Gasteiger partial charge in [0.2, 0.25) is 0 Å². The summed E-state index contributed by atoms with van der Waals surface area (Å²) in [5.74, 6) is 0. The standard InChI is InChI=1S/C18H13ClN2/c19-16-7-9-17(10-8-16)21-18(12-20)15-6-5-13-3-1-2-4-14(13)11-15/h1-11,18,21H. The number of hydrogen-bond acceptors (Lipinski definition) is 2. The highest BCUT2D eigenvalue weighted by Crippen LogP contribution is 2.24. The Balaban J connectivity index is 1.91. The summed E-state index contributed by atoms with van der Waals surface area (Å²) in [5.41, 5.74) is 1.82. The van der Waals surface area contributed by atoms with Gasteiger partial charge in [-0.3, -0.25) is 0 Å². The minimum atomic E-state index is -0.393. The summed E-state index contributed by atoms with van der Waals surface area (Å²) in [7, 11) is 0. The summed E-state index contributed by atoms with van der Waals surface area (Å²) in [6.07, 6.45) is 0. The quantitative estimate of drug-likeness (QED) is 0.723. The van der Waals surface area contributed by atoms with Crippen molar-refractivity contribution in [2.75, 3.05) is 5.32 Å². The van der Waals surface area contributed by atoms with Crippen LogP contribution in [-0.2, 0) is 0 Å². The Labute approximate surface area is 128 Å². The fourth-order valence-corrected chi connectivity index (χ4v) is 2.42. The van der Waals surface area contributed by atoms with Gasteiger partial charge < -0.3 is 5.32 Å². The molecule has 0 aliphatic carbocycles. The first-order valence-corrected chi connectivity index (χ1v) is 7.04. The molecule has 0 aliphatic heterocycles. The molecule has 1 atom stereocenters. The largest absolute Gasteiger partial charge is 0.366 e. The minimum Gasteiger partial charge on any atom is -0.366 e. The van der Waals surface area contributed by atoms with Crippen molar-refractivity contribution in [3.63, 3.8) is 0 Å². The number of halogens is 1. The second-order valence-corrected chi connectivity index (χ2v) is 5.26. The molecule has 0 fully saturated rings. The van der Waals surface area contributed by atoms with E-state index in [9.17, 15) is 5.26 Å². The van der Waals surface area contributed by atoms with Crippen LogP contribution < -0.4 is 5.32 Å². The van der Waals surface area contributed by atoms with Gasteiger partial charge in [-0.15, -0.1) is 0 Å². The van der Waals surface area contributed by atoms with Gasteiger partial charge in [-0.2, -0.15) is 5.26 Å². The van der Waals surface area contributed by atoms with Gasteiger partial charge in [0.15, 0.2) is 0 Å². The molecule has 0 saturated heterocycles. The van der Waals surface area contributed by atoms with Gasteiger partial charge in [0.1, 0.15) is 6.04 Å². The van der Waals surface area contributed by atoms with Crippen LogP contribution >= 0.6 is 11.6 Å². The van der Waals surface area contributed by atoms with Crippen LogP contribution in [0.1, 0.15) is 11.6 Å². The van der Waals surface area contributed by atoms with Crippen LogP contribution in [0, 0.1) is 11.3 Å². The zero-order valence-corrected chi connectivity index (χ0v) is 12.0. The molecule has 21 heavy (non-hydrogen) atoms. The highest BCUT2D eigenvalue weighted by Gasteiger charge is 2.10. The lowest BCUT2D eigenvalue weighted by Gasteiger charge is -2.14. The van der Waals surface area contributed by atoms with Gasteiger partial charge >= 0.3 is 0 Å². The molecule has 0 saturated carbocycles. The normalized spacial score (nSPS) is 11.8. The van der Waals surface area contributed by atoms with E-state index < -0.39 is 6.04 Å². The molecule has 0 bridgehead atoms. The van der Waals surface area contributed by atoms with Gasteiger partial charge in [0.05, 0.1) is 6.07 Å². The van der Waals surface area contributed by atoms with Gasteiger partial charge in [-0.25, -0.2) is 0 Å². The van der Waals surface area contributed by atoms with Crippen LogP contribution in [0.25, 0.3) is 10.8 Å². The first-order valence-electron chi connectivity index (χ1n) is 6.67. The average molecular weight is 293 g/mol. The van der Waals surface area contributed by atoms with E-state index >= 15 is 0 Å². The number of rotatable bonds is 3. The molecule has 0 aliphatic rings. The van der Waals surface area contributed by atoms with Crippen LogP contribution in [0.2, 0.25) is 5.02 Å². The van der Waals surface area contributed by atoms with Crippen molar-refractivity contribution in [3.05, 3.63) is 77.3 Å². The Bertz CT molecular complexity index is 803. The van der Waals surface area contributed by atoms with Gasteiger partial charge in [0.25, 0.3) is 0 Å². The van der Waals surface area contributed by atoms with E-state index in [0.29, 0.717) is 5.02 Å². The molecular weight excluding hydrogens is 280 g/mol. The maximum absolute atomic E-state index is 9.43. The summed E-state index contributed by atoms with van der Waals surface area (Å²) in [6, 6.07) is 23.5. The average Bonchev–Trinajstić information content (AvgIpc) is 2.54. The Morgan fingerprint density at radius 1 is 0.905 bits per heavy atom. The highest BCUT2D eigenvalue weighted by molar-refractivity contribution is 6.30. The van der Waals surface area contributed by atoms with Crippen molar-refractivity contribution < 1.29 is 0 Å². The van der Waals surface area contributed by atoms with E-state index in [0.717, 1.165) is 16.6 Å². The Morgan fingerprint density at radius 2 is 1.62 bits per heavy atom. The van der Waals surface area contributed by atoms with E-state index in [-0.39, 0.29) is 0 Å². The molecule has 3 aromatic carbocycles. The van der Waals surface area contributed by atoms with Crippen LogP contribution in [0.4, 0.5) is 5.69 Å². The van der Waals surface area contributed by atoms with Crippen molar-refractivity contribution in [2.45, 2.75) is 6.04 Å². The third-order valence-electron chi connectivity index (χ3n) is 3.39. The third kappa shape index (κ3) is 2.99. The molecule has 0 radical (unpaired) electrons. The Hall–Kier alpha value is -2.50. The predicted molar refractivity (Wildman–Crippen MR) is 87.4 cm³/mol. The molecule has 3 heteroatoms. The second-order valence-electron chi connectivity index (χ2n) is 4.82. The van der Waals surface area contributed by atoms with E-state index in [4.69, 9.17) is 11.6 Å². The molecular formula is C18H13ClN2. The zero-order chi connectivity index (χ0) is 14.7. The van der Waals surface area contributed by atoms with E-state index in [2.05, 4.69) is 23.5 Å². The van der Waals surface area contributed by atoms with Crippen LogP contribution in [-0.4, -0.2) is 0 Å². The predicted octanol–water partition coefficient (Wildman–Crippen LogP) is 5.17. The lowest BCUT2D eigenvalue weighted by atomic mass is 10.0. The summed E-state index contributed by atoms with van der Waals surface area (Å²) >= 11 is 5.87. The molecule has 0 spiro atoms. The Morgan fingerprint density at radius 3 is 2.33 bits per heavy atom. The first kappa shape index (κ1) is 13.5. The maximum Gasteiger partial charge on any atom is 0.140 e. The number of hydrogen-bond donors (Lipinski definition) is 1. The number of fused-ring (bicyclic) bond motifs is 1. The fourth-order valence-electron chi connectivity index (χ4n) is 2.29. The zero-order valence-electron chi connectivity index (χ0n) is 11.3. The molecule has 3 rings (SSSR count). The number of benzene rings is 3. The van der Waals surface area contributed by atoms with E-state index in [1.54, 1.807) is 12.1 Å². The summed E-state index contributed by atoms with van der Waals surface area (Å²) in [6.45, 7) is 0. The molecule has 0 amide bonds. The topological polar surface area (TPSA) is 35.8 Å². The Kier molecular flexibility index (Phi) is 3.77. The summed E-state index contributed by atoms with van der Waals surface area (Å²) in [4.78, 5) is 0. The van der Waals surface area contributed by atoms with Crippen molar-refractivity contribution in [2.24, 2.45) is 0 Å². The minimum absolute atomic E-state index is 0.393. The van der Waals surface area contributed by atoms with Gasteiger partial charge in [-0.05, 0) is 46.7 Å². The molecule has 2 nitrogen and oxygen atoms in total. The number of nitrogens with zero attached hydrogens (tertiary/aromatic N) is 1. The lowest BCUT2D eigenvalue weighted by Crippen LogP contribution is -2.08. The molecule has 1 unspecified atom stereocenters. The van der Waals surface area contributed by atoms with Crippen molar-refractivity contribution in [1.29, 1.82) is 5.26 Å². The van der Waals surface area contributed by atoms with Crippen LogP contribution in [0.5, 0.6) is 0 Å². The van der Waals surface area contributed by atoms with Gasteiger partial charge in [0, 0.05) is 10.7 Å². The van der Waals surface area contributed by atoms with Gasteiger partial charge in [-0.1, -0.05) is 48.0 Å². The molecule has 1 N–H and O–H groups in total. The SMILES string of the molecule is N#CC(Nc1ccc(Cl)cc1)c1ccc2ccccc2c1. The molecule has 102 valence electrons. The molecule has 3 aromatic rings. The smallest absolute Gasteiger partial charge is 0.140 e. The van der Waals surface area contributed by atoms with E-state index in [1.807, 2.05) is 42.5 Å². The fraction of sp³-hybridized carbons (Fsp3) is 0.0556. The lowest BCUT2D eigenvalue weighted by molar-refractivity contribution is 1.00. The van der Waals surface area contributed by atoms with Crippen LogP contribution in [0.15, 0.2) is 66.7 Å². The van der Waals surface area contributed by atoms with Crippen molar-refractivity contribution in [3.8, 4) is 6.07 Å². The van der Waals surface area contributed by atoms with E-state index in [1.165, 1.54) is 5.39 Å². The van der Waals surface area contributed by atoms with Crippen molar-refractivity contribution >= 4 is 28.1 Å².